The van der Waals surface area contributed by atoms with Crippen molar-refractivity contribution in [2.24, 2.45) is 0 Å². The molecule has 2 aromatic carbocycles. The molecule has 0 heterocycles. The van der Waals surface area contributed by atoms with Gasteiger partial charge in [-0.1, -0.05) is 29.8 Å². The molecule has 0 aliphatic carbocycles. The quantitative estimate of drug-likeness (QED) is 0.386. The molecule has 0 bridgehead atoms. The Kier molecular flexibility index (Phi) is 7.52. The van der Waals surface area contributed by atoms with Gasteiger partial charge in [0.05, 0.1) is 11.4 Å². The van der Waals surface area contributed by atoms with Crippen molar-refractivity contribution in [1.82, 2.24) is 15.6 Å². The van der Waals surface area contributed by atoms with Crippen LogP contribution in [0.1, 0.15) is 21.5 Å². The number of benzene rings is 2. The van der Waals surface area contributed by atoms with E-state index in [0.717, 1.165) is 16.8 Å². The zero-order chi connectivity index (χ0) is 21.4. The van der Waals surface area contributed by atoms with Crippen molar-refractivity contribution in [2.45, 2.75) is 18.7 Å². The van der Waals surface area contributed by atoms with Crippen LogP contribution in [0, 0.1) is 13.8 Å². The maximum Gasteiger partial charge on any atom is 0.269 e. The van der Waals surface area contributed by atoms with Crippen LogP contribution in [-0.4, -0.2) is 33.3 Å². The van der Waals surface area contributed by atoms with E-state index < -0.39 is 21.8 Å². The monoisotopic (exact) mass is 416 g/mol. The number of carbonyl (C=O) groups excluding carboxylic acids is 2. The Morgan fingerprint density at radius 3 is 2.52 bits per heavy atom. The molecule has 0 aliphatic heterocycles. The van der Waals surface area contributed by atoms with Crippen molar-refractivity contribution in [3.05, 3.63) is 71.8 Å². The van der Waals surface area contributed by atoms with Crippen LogP contribution in [0.15, 0.2) is 60.0 Å². The third kappa shape index (κ3) is 6.44. The van der Waals surface area contributed by atoms with Crippen molar-refractivity contribution in [1.29, 1.82) is 0 Å². The molecule has 29 heavy (non-hydrogen) atoms. The van der Waals surface area contributed by atoms with Gasteiger partial charge < -0.3 is 5.32 Å². The fourth-order valence-electron chi connectivity index (χ4n) is 2.49. The van der Waals surface area contributed by atoms with Crippen LogP contribution in [0.25, 0.3) is 0 Å². The molecule has 2 rings (SSSR count). The Balaban J connectivity index is 1.92. The van der Waals surface area contributed by atoms with E-state index in [2.05, 4.69) is 27.5 Å². The van der Waals surface area contributed by atoms with Gasteiger partial charge in [-0.25, -0.2) is 13.1 Å². The van der Waals surface area contributed by atoms with E-state index >= 15 is 0 Å². The van der Waals surface area contributed by atoms with Gasteiger partial charge in [-0.15, -0.1) is 6.58 Å². The highest BCUT2D eigenvalue weighted by atomic mass is 32.2. The predicted molar refractivity (Wildman–Crippen MR) is 112 cm³/mol. The van der Waals surface area contributed by atoms with Crippen molar-refractivity contribution in [2.75, 3.05) is 18.4 Å². The lowest BCUT2D eigenvalue weighted by atomic mass is 10.1. The van der Waals surface area contributed by atoms with Gasteiger partial charge in [0.25, 0.3) is 11.8 Å². The van der Waals surface area contributed by atoms with Crippen LogP contribution >= 0.6 is 0 Å². The molecule has 0 aromatic heterocycles. The minimum atomic E-state index is -3.75. The van der Waals surface area contributed by atoms with E-state index in [9.17, 15) is 18.0 Å². The molecule has 8 nitrogen and oxygen atoms in total. The highest BCUT2D eigenvalue weighted by Crippen LogP contribution is 2.15. The first kappa shape index (κ1) is 22.1. The Labute approximate surface area is 170 Å². The standard InChI is InChI=1S/C20H24N4O4S/c1-4-10-22-29(27,28)17-7-5-6-16(12-17)20(26)24-23-19(25)13-21-18-9-8-14(2)11-15(18)3/h4-9,11-12,21-22H,1,10,13H2,2-3H3,(H,23,25)(H,24,26). The summed E-state index contributed by atoms with van der Waals surface area (Å²) in [4.78, 5) is 24.1. The number of nitrogens with one attached hydrogen (secondary N) is 4. The average molecular weight is 417 g/mol. The fourth-order valence-corrected chi connectivity index (χ4v) is 3.53. The normalized spacial score (nSPS) is 10.8. The molecule has 4 N–H and O–H groups in total. The van der Waals surface area contributed by atoms with Gasteiger partial charge in [-0.05, 0) is 43.7 Å². The lowest BCUT2D eigenvalue weighted by Gasteiger charge is -2.12. The summed E-state index contributed by atoms with van der Waals surface area (Å²) in [7, 11) is -3.75. The van der Waals surface area contributed by atoms with E-state index in [4.69, 9.17) is 0 Å². The highest BCUT2D eigenvalue weighted by Gasteiger charge is 2.15. The van der Waals surface area contributed by atoms with Gasteiger partial charge in [0.1, 0.15) is 0 Å². The summed E-state index contributed by atoms with van der Waals surface area (Å²) in [6.07, 6.45) is 1.41. The maximum atomic E-state index is 12.2. The van der Waals surface area contributed by atoms with E-state index in [1.165, 1.54) is 30.3 Å². The van der Waals surface area contributed by atoms with Crippen LogP contribution in [0.5, 0.6) is 0 Å². The third-order valence-electron chi connectivity index (χ3n) is 3.96. The molecule has 0 unspecified atom stereocenters. The van der Waals surface area contributed by atoms with Crippen molar-refractivity contribution < 1.29 is 18.0 Å². The van der Waals surface area contributed by atoms with Crippen LogP contribution in [0.3, 0.4) is 0 Å². The number of carbonyl (C=O) groups is 2. The molecule has 9 heteroatoms. The van der Waals surface area contributed by atoms with E-state index in [1.54, 1.807) is 0 Å². The molecule has 2 aromatic rings. The second kappa shape index (κ2) is 9.85. The molecule has 0 atom stereocenters. The molecule has 154 valence electrons. The van der Waals surface area contributed by atoms with Gasteiger partial charge in [0, 0.05) is 17.8 Å². The molecule has 2 amide bonds. The van der Waals surface area contributed by atoms with Gasteiger partial charge in [-0.3, -0.25) is 20.4 Å². The SMILES string of the molecule is C=CCNS(=O)(=O)c1cccc(C(=O)NNC(=O)CNc2ccc(C)cc2C)c1. The van der Waals surface area contributed by atoms with Crippen molar-refractivity contribution in [3.8, 4) is 0 Å². The first-order valence-electron chi connectivity index (χ1n) is 8.84. The number of aryl methyl sites for hydroxylation is 2. The second-order valence-corrected chi connectivity index (χ2v) is 8.11. The summed E-state index contributed by atoms with van der Waals surface area (Å²) >= 11 is 0. The first-order valence-corrected chi connectivity index (χ1v) is 10.3. The largest absolute Gasteiger partial charge is 0.376 e. The Bertz CT molecular complexity index is 1020. The second-order valence-electron chi connectivity index (χ2n) is 6.34. The maximum absolute atomic E-state index is 12.2. The Morgan fingerprint density at radius 2 is 1.83 bits per heavy atom. The third-order valence-corrected chi connectivity index (χ3v) is 5.38. The highest BCUT2D eigenvalue weighted by molar-refractivity contribution is 7.89. The molecule has 0 radical (unpaired) electrons. The first-order chi connectivity index (χ1) is 13.7. The number of hydrazine groups is 1. The van der Waals surface area contributed by atoms with Crippen LogP contribution < -0.4 is 20.9 Å². The van der Waals surface area contributed by atoms with Crippen molar-refractivity contribution >= 4 is 27.5 Å². The van der Waals surface area contributed by atoms with E-state index in [0.29, 0.717) is 0 Å². The molecule has 0 saturated heterocycles. The molecule has 0 fully saturated rings. The number of rotatable bonds is 8. The van der Waals surface area contributed by atoms with Crippen molar-refractivity contribution in [3.63, 3.8) is 0 Å². The number of hydrogen-bond donors (Lipinski definition) is 4. The Morgan fingerprint density at radius 1 is 1.07 bits per heavy atom. The molecule has 0 aliphatic rings. The minimum Gasteiger partial charge on any atom is -0.376 e. The molecule has 0 saturated carbocycles. The number of amides is 2. The number of sulfonamides is 1. The molecule has 0 spiro atoms. The van der Waals surface area contributed by atoms with Crippen LogP contribution in [0.4, 0.5) is 5.69 Å². The van der Waals surface area contributed by atoms with Gasteiger partial charge in [0.15, 0.2) is 0 Å². The van der Waals surface area contributed by atoms with Gasteiger partial charge in [0.2, 0.25) is 10.0 Å². The van der Waals surface area contributed by atoms with Crippen LogP contribution in [-0.2, 0) is 14.8 Å². The smallest absolute Gasteiger partial charge is 0.269 e. The summed E-state index contributed by atoms with van der Waals surface area (Å²) in [5.41, 5.74) is 7.60. The zero-order valence-electron chi connectivity index (χ0n) is 16.3. The lowest BCUT2D eigenvalue weighted by Crippen LogP contribution is -2.44. The molecular weight excluding hydrogens is 392 g/mol. The predicted octanol–water partition coefficient (Wildman–Crippen LogP) is 1.64. The van der Waals surface area contributed by atoms with E-state index in [1.807, 2.05) is 32.0 Å². The lowest BCUT2D eigenvalue weighted by molar-refractivity contribution is -0.120. The summed E-state index contributed by atoms with van der Waals surface area (Å²) in [5, 5.41) is 2.99. The zero-order valence-corrected chi connectivity index (χ0v) is 17.1. The fraction of sp³-hybridized carbons (Fsp3) is 0.200. The minimum absolute atomic E-state index is 0.0376. The number of hydrogen-bond acceptors (Lipinski definition) is 5. The van der Waals surface area contributed by atoms with Gasteiger partial charge in [-0.2, -0.15) is 0 Å². The average Bonchev–Trinajstić information content (AvgIpc) is 2.70. The van der Waals surface area contributed by atoms with E-state index in [-0.39, 0.29) is 23.5 Å². The topological polar surface area (TPSA) is 116 Å². The summed E-state index contributed by atoms with van der Waals surface area (Å²) < 4.78 is 26.6. The van der Waals surface area contributed by atoms with Crippen LogP contribution in [0.2, 0.25) is 0 Å². The Hall–Kier alpha value is -3.17. The molecular formula is C20H24N4O4S. The number of anilines is 1. The summed E-state index contributed by atoms with van der Waals surface area (Å²) in [6.45, 7) is 7.40. The summed E-state index contributed by atoms with van der Waals surface area (Å²) in [6, 6.07) is 11.3. The van der Waals surface area contributed by atoms with Gasteiger partial charge >= 0.3 is 0 Å². The summed E-state index contributed by atoms with van der Waals surface area (Å²) in [5.74, 6) is -1.08.